The van der Waals surface area contributed by atoms with Gasteiger partial charge in [0, 0.05) is 11.9 Å². The molecular weight excluding hydrogens is 381 g/mol. The summed E-state index contributed by atoms with van der Waals surface area (Å²) in [4.78, 5) is 18.2. The Morgan fingerprint density at radius 3 is 2.50 bits per heavy atom. The number of halogens is 4. The Balaban J connectivity index is 2.18. The Labute approximate surface area is 137 Å². The Hall–Kier alpha value is -1.41. The average molecular weight is 393 g/mol. The van der Waals surface area contributed by atoms with Crippen molar-refractivity contribution in [2.75, 3.05) is 7.05 Å². The molecule has 1 amide bonds. The molecule has 0 aliphatic rings. The number of aromatic nitrogens is 1. The predicted molar refractivity (Wildman–Crippen MR) is 81.8 cm³/mol. The van der Waals surface area contributed by atoms with Crippen molar-refractivity contribution in [1.82, 2.24) is 9.88 Å². The van der Waals surface area contributed by atoms with E-state index in [1.807, 2.05) is 12.1 Å². The SMILES string of the molecule is Cc1nc(C(F)(F)F)ccc1C(=O)N(C)Cc1ccc(Br)s1. The van der Waals surface area contributed by atoms with Gasteiger partial charge in [0.25, 0.3) is 5.91 Å². The van der Waals surface area contributed by atoms with E-state index in [0.717, 1.165) is 14.7 Å². The number of amides is 1. The minimum Gasteiger partial charge on any atom is -0.337 e. The number of pyridine rings is 1. The molecule has 0 unspecified atom stereocenters. The van der Waals surface area contributed by atoms with E-state index in [2.05, 4.69) is 20.9 Å². The first-order valence-electron chi connectivity index (χ1n) is 6.23. The molecule has 2 aromatic heterocycles. The minimum absolute atomic E-state index is 0.0686. The lowest BCUT2D eigenvalue weighted by atomic mass is 10.1. The van der Waals surface area contributed by atoms with Gasteiger partial charge in [-0.2, -0.15) is 13.2 Å². The molecule has 0 fully saturated rings. The molecule has 0 bridgehead atoms. The topological polar surface area (TPSA) is 33.2 Å². The number of carbonyl (C=O) groups excluding carboxylic acids is 1. The Morgan fingerprint density at radius 1 is 1.32 bits per heavy atom. The van der Waals surface area contributed by atoms with Gasteiger partial charge in [0.15, 0.2) is 0 Å². The normalized spacial score (nSPS) is 11.5. The highest BCUT2D eigenvalue weighted by atomic mass is 79.9. The molecule has 0 saturated heterocycles. The predicted octanol–water partition coefficient (Wildman–Crippen LogP) is 4.51. The maximum atomic E-state index is 12.6. The van der Waals surface area contributed by atoms with Crippen LogP contribution < -0.4 is 0 Å². The molecule has 0 aromatic carbocycles. The van der Waals surface area contributed by atoms with Gasteiger partial charge in [-0.15, -0.1) is 11.3 Å². The summed E-state index contributed by atoms with van der Waals surface area (Å²) in [6, 6.07) is 5.77. The maximum Gasteiger partial charge on any atom is 0.433 e. The van der Waals surface area contributed by atoms with Gasteiger partial charge >= 0.3 is 6.18 Å². The summed E-state index contributed by atoms with van der Waals surface area (Å²) >= 11 is 4.84. The van der Waals surface area contributed by atoms with Crippen molar-refractivity contribution in [3.8, 4) is 0 Å². The van der Waals surface area contributed by atoms with E-state index in [-0.39, 0.29) is 17.2 Å². The summed E-state index contributed by atoms with van der Waals surface area (Å²) in [7, 11) is 1.60. The molecule has 0 N–H and O–H groups in total. The highest BCUT2D eigenvalue weighted by Crippen LogP contribution is 2.28. The molecule has 0 radical (unpaired) electrons. The van der Waals surface area contributed by atoms with Gasteiger partial charge in [-0.1, -0.05) is 0 Å². The molecule has 0 aliphatic carbocycles. The van der Waals surface area contributed by atoms with E-state index >= 15 is 0 Å². The van der Waals surface area contributed by atoms with E-state index in [9.17, 15) is 18.0 Å². The Bertz CT molecular complexity index is 700. The molecule has 118 valence electrons. The number of aryl methyl sites for hydroxylation is 1. The summed E-state index contributed by atoms with van der Waals surface area (Å²) in [5.74, 6) is -0.358. The zero-order valence-corrected chi connectivity index (χ0v) is 14.1. The van der Waals surface area contributed by atoms with Crippen LogP contribution in [0, 0.1) is 6.92 Å². The fourth-order valence-corrected chi connectivity index (χ4v) is 3.43. The first kappa shape index (κ1) is 17.0. The summed E-state index contributed by atoms with van der Waals surface area (Å²) in [6.07, 6.45) is -4.51. The van der Waals surface area contributed by atoms with E-state index < -0.39 is 11.9 Å². The van der Waals surface area contributed by atoms with Crippen LogP contribution in [0.25, 0.3) is 0 Å². The summed E-state index contributed by atoms with van der Waals surface area (Å²) in [5, 5.41) is 0. The molecule has 0 aliphatic heterocycles. The van der Waals surface area contributed by atoms with Gasteiger partial charge in [0.05, 0.1) is 21.6 Å². The lowest BCUT2D eigenvalue weighted by Gasteiger charge is -2.18. The summed E-state index contributed by atoms with van der Waals surface area (Å²) < 4.78 is 38.7. The largest absolute Gasteiger partial charge is 0.433 e. The zero-order valence-electron chi connectivity index (χ0n) is 11.7. The van der Waals surface area contributed by atoms with Crippen molar-refractivity contribution in [2.45, 2.75) is 19.6 Å². The number of thiophene rings is 1. The summed E-state index contributed by atoms with van der Waals surface area (Å²) in [5.41, 5.74) is -0.753. The van der Waals surface area contributed by atoms with Crippen molar-refractivity contribution in [2.24, 2.45) is 0 Å². The minimum atomic E-state index is -4.51. The Kier molecular flexibility index (Phi) is 4.91. The van der Waals surface area contributed by atoms with E-state index in [0.29, 0.717) is 6.54 Å². The molecule has 0 spiro atoms. The first-order valence-corrected chi connectivity index (χ1v) is 7.84. The van der Waals surface area contributed by atoms with Crippen LogP contribution in [0.3, 0.4) is 0 Å². The molecule has 2 rings (SSSR count). The number of nitrogens with zero attached hydrogens (tertiary/aromatic N) is 2. The number of alkyl halides is 3. The van der Waals surface area contributed by atoms with E-state index in [1.165, 1.54) is 29.2 Å². The van der Waals surface area contributed by atoms with Gasteiger partial charge in [-0.3, -0.25) is 4.79 Å². The molecule has 8 heteroatoms. The van der Waals surface area contributed by atoms with Crippen LogP contribution in [0.5, 0.6) is 0 Å². The lowest BCUT2D eigenvalue weighted by Crippen LogP contribution is -2.27. The third-order valence-electron chi connectivity index (χ3n) is 2.98. The second kappa shape index (κ2) is 6.37. The van der Waals surface area contributed by atoms with Crippen molar-refractivity contribution in [3.63, 3.8) is 0 Å². The Morgan fingerprint density at radius 2 is 2.00 bits per heavy atom. The van der Waals surface area contributed by atoms with Crippen LogP contribution in [-0.4, -0.2) is 22.8 Å². The molecule has 3 nitrogen and oxygen atoms in total. The average Bonchev–Trinajstić information content (AvgIpc) is 2.82. The van der Waals surface area contributed by atoms with Crippen molar-refractivity contribution in [3.05, 3.63) is 49.9 Å². The maximum absolute atomic E-state index is 12.6. The smallest absolute Gasteiger partial charge is 0.337 e. The number of rotatable bonds is 3. The number of hydrogen-bond donors (Lipinski definition) is 0. The molecule has 2 aromatic rings. The van der Waals surface area contributed by atoms with Gasteiger partial charge in [0.2, 0.25) is 0 Å². The second-order valence-electron chi connectivity index (χ2n) is 4.69. The third kappa shape index (κ3) is 3.86. The van der Waals surface area contributed by atoms with Crippen molar-refractivity contribution >= 4 is 33.2 Å². The van der Waals surface area contributed by atoms with Crippen LogP contribution >= 0.6 is 27.3 Å². The molecule has 0 atom stereocenters. The van der Waals surface area contributed by atoms with Gasteiger partial charge < -0.3 is 4.90 Å². The highest BCUT2D eigenvalue weighted by molar-refractivity contribution is 9.11. The highest BCUT2D eigenvalue weighted by Gasteiger charge is 2.33. The molecular formula is C14H12BrF3N2OS. The standard InChI is InChI=1S/C14H12BrF3N2OS/c1-8-10(4-5-11(19-8)14(16,17)18)13(21)20(2)7-9-3-6-12(15)22-9/h3-6H,7H2,1-2H3. The third-order valence-corrected chi connectivity index (χ3v) is 4.58. The molecule has 2 heterocycles. The van der Waals surface area contributed by atoms with Crippen LogP contribution in [-0.2, 0) is 12.7 Å². The van der Waals surface area contributed by atoms with E-state index in [4.69, 9.17) is 0 Å². The fourth-order valence-electron chi connectivity index (χ4n) is 1.89. The molecule has 22 heavy (non-hydrogen) atoms. The van der Waals surface area contributed by atoms with Gasteiger partial charge in [-0.05, 0) is 47.1 Å². The van der Waals surface area contributed by atoms with Gasteiger partial charge in [0.1, 0.15) is 5.69 Å². The first-order chi connectivity index (χ1) is 10.2. The van der Waals surface area contributed by atoms with Crippen LogP contribution in [0.2, 0.25) is 0 Å². The summed E-state index contributed by atoms with van der Waals surface area (Å²) in [6.45, 7) is 1.79. The van der Waals surface area contributed by atoms with E-state index in [1.54, 1.807) is 7.05 Å². The molecule has 0 saturated carbocycles. The zero-order chi connectivity index (χ0) is 16.5. The van der Waals surface area contributed by atoms with Crippen LogP contribution in [0.4, 0.5) is 13.2 Å². The lowest BCUT2D eigenvalue weighted by molar-refractivity contribution is -0.141. The number of hydrogen-bond acceptors (Lipinski definition) is 3. The van der Waals surface area contributed by atoms with Crippen LogP contribution in [0.15, 0.2) is 28.1 Å². The van der Waals surface area contributed by atoms with Crippen molar-refractivity contribution in [1.29, 1.82) is 0 Å². The monoisotopic (exact) mass is 392 g/mol. The van der Waals surface area contributed by atoms with Crippen LogP contribution in [0.1, 0.15) is 26.6 Å². The van der Waals surface area contributed by atoms with Crippen molar-refractivity contribution < 1.29 is 18.0 Å². The number of carbonyl (C=O) groups is 1. The van der Waals surface area contributed by atoms with Gasteiger partial charge in [-0.25, -0.2) is 4.98 Å². The fraction of sp³-hybridized carbons (Fsp3) is 0.286. The second-order valence-corrected chi connectivity index (χ2v) is 7.24. The quantitative estimate of drug-likeness (QED) is 0.769.